The zero-order valence-electron chi connectivity index (χ0n) is 14.7. The first kappa shape index (κ1) is 19.0. The highest BCUT2D eigenvalue weighted by Gasteiger charge is 2.20. The molecule has 0 saturated heterocycles. The van der Waals surface area contributed by atoms with Gasteiger partial charge in [-0.2, -0.15) is 0 Å². The first-order valence-corrected chi connectivity index (χ1v) is 9.75. The summed E-state index contributed by atoms with van der Waals surface area (Å²) >= 11 is 0. The van der Waals surface area contributed by atoms with Crippen molar-refractivity contribution in [1.82, 2.24) is 10.0 Å². The minimum atomic E-state index is -3.82. The topological polar surface area (TPSA) is 103 Å². The summed E-state index contributed by atoms with van der Waals surface area (Å²) in [6.07, 6.45) is 0.630. The number of carbonyl (C=O) groups is 1. The monoisotopic (exact) mass is 392 g/mol. The van der Waals surface area contributed by atoms with Crippen LogP contribution in [0.3, 0.4) is 0 Å². The van der Waals surface area contributed by atoms with E-state index in [1.165, 1.54) is 18.2 Å². The van der Waals surface area contributed by atoms with Crippen LogP contribution in [0, 0.1) is 0 Å². The Morgan fingerprint density at radius 3 is 2.59 bits per heavy atom. The molecule has 1 aliphatic heterocycles. The van der Waals surface area contributed by atoms with Crippen molar-refractivity contribution in [2.45, 2.75) is 11.3 Å². The summed E-state index contributed by atoms with van der Waals surface area (Å²) in [5.74, 6) is 1.21. The summed E-state index contributed by atoms with van der Waals surface area (Å²) in [7, 11) is -2.23. The van der Waals surface area contributed by atoms with Crippen molar-refractivity contribution in [2.24, 2.45) is 0 Å². The van der Waals surface area contributed by atoms with Crippen LogP contribution in [0.2, 0.25) is 0 Å². The highest BCUT2D eigenvalue weighted by molar-refractivity contribution is 7.89. The summed E-state index contributed by atoms with van der Waals surface area (Å²) in [4.78, 5) is 11.9. The number of hydrogen-bond donors (Lipinski definition) is 2. The van der Waals surface area contributed by atoms with Crippen LogP contribution in [-0.2, 0) is 21.2 Å². The first-order valence-electron chi connectivity index (χ1n) is 8.27. The van der Waals surface area contributed by atoms with Crippen molar-refractivity contribution in [2.75, 3.05) is 27.0 Å². The quantitative estimate of drug-likeness (QED) is 0.696. The molecule has 0 aromatic heterocycles. The van der Waals surface area contributed by atoms with E-state index in [9.17, 15) is 13.2 Å². The smallest absolute Gasteiger partial charge is 0.241 e. The Morgan fingerprint density at radius 1 is 1.11 bits per heavy atom. The number of carbonyl (C=O) groups excluding carboxylic acids is 1. The lowest BCUT2D eigenvalue weighted by molar-refractivity contribution is -0.119. The van der Waals surface area contributed by atoms with Crippen LogP contribution < -0.4 is 24.2 Å². The molecule has 0 spiro atoms. The molecule has 0 fully saturated rings. The van der Waals surface area contributed by atoms with Gasteiger partial charge in [-0.15, -0.1) is 0 Å². The number of benzene rings is 2. The van der Waals surface area contributed by atoms with E-state index in [0.717, 1.165) is 11.3 Å². The molecule has 3 rings (SSSR count). The molecule has 1 amide bonds. The highest BCUT2D eigenvalue weighted by Crippen LogP contribution is 2.33. The lowest BCUT2D eigenvalue weighted by Gasteiger charge is -2.09. The lowest BCUT2D eigenvalue weighted by atomic mass is 10.1. The molecule has 0 radical (unpaired) electrons. The second kappa shape index (κ2) is 8.28. The molecule has 0 unspecified atom stereocenters. The van der Waals surface area contributed by atoms with Crippen LogP contribution in [0.5, 0.6) is 17.2 Å². The van der Waals surface area contributed by atoms with Crippen molar-refractivity contribution in [3.05, 3.63) is 48.0 Å². The molecule has 0 aliphatic carbocycles. The van der Waals surface area contributed by atoms with E-state index < -0.39 is 15.9 Å². The van der Waals surface area contributed by atoms with Crippen LogP contribution in [0.1, 0.15) is 5.56 Å². The second-order valence-corrected chi connectivity index (χ2v) is 7.55. The SMILES string of the molecule is COc1ccc(CCNC(=O)CNS(=O)(=O)c2ccc3c(c2)OCO3)cc1. The van der Waals surface area contributed by atoms with Gasteiger partial charge >= 0.3 is 0 Å². The molecule has 0 bridgehead atoms. The predicted molar refractivity (Wildman–Crippen MR) is 97.5 cm³/mol. The van der Waals surface area contributed by atoms with Gasteiger partial charge in [-0.3, -0.25) is 4.79 Å². The number of sulfonamides is 1. The minimum absolute atomic E-state index is 0.0118. The Bertz CT molecular complexity index is 912. The average molecular weight is 392 g/mol. The van der Waals surface area contributed by atoms with Gasteiger partial charge in [0.1, 0.15) is 5.75 Å². The number of rotatable bonds is 8. The Hall–Kier alpha value is -2.78. The predicted octanol–water partition coefficient (Wildman–Crippen LogP) is 1.06. The largest absolute Gasteiger partial charge is 0.497 e. The first-order chi connectivity index (χ1) is 13.0. The molecule has 1 heterocycles. The summed E-state index contributed by atoms with van der Waals surface area (Å²) in [5.41, 5.74) is 1.04. The van der Waals surface area contributed by atoms with E-state index in [2.05, 4.69) is 10.0 Å². The molecule has 0 saturated carbocycles. The van der Waals surface area contributed by atoms with E-state index in [1.807, 2.05) is 24.3 Å². The average Bonchev–Trinajstić information content (AvgIpc) is 3.15. The van der Waals surface area contributed by atoms with Crippen molar-refractivity contribution in [3.63, 3.8) is 0 Å². The van der Waals surface area contributed by atoms with Crippen molar-refractivity contribution in [1.29, 1.82) is 0 Å². The summed E-state index contributed by atoms with van der Waals surface area (Å²) in [5, 5.41) is 2.68. The van der Waals surface area contributed by atoms with Gasteiger partial charge in [-0.1, -0.05) is 12.1 Å². The molecule has 1 aliphatic rings. The molecule has 8 nitrogen and oxygen atoms in total. The maximum absolute atomic E-state index is 12.3. The third-order valence-corrected chi connectivity index (χ3v) is 5.37. The number of hydrogen-bond acceptors (Lipinski definition) is 6. The van der Waals surface area contributed by atoms with Crippen LogP contribution >= 0.6 is 0 Å². The summed E-state index contributed by atoms with van der Waals surface area (Å²) in [6.45, 7) is 0.110. The zero-order chi connectivity index (χ0) is 19.3. The normalized spacial score (nSPS) is 12.6. The van der Waals surface area contributed by atoms with Gasteiger partial charge < -0.3 is 19.5 Å². The third kappa shape index (κ3) is 4.89. The fourth-order valence-corrected chi connectivity index (χ4v) is 3.49. The summed E-state index contributed by atoms with van der Waals surface area (Å²) in [6, 6.07) is 11.8. The molecule has 9 heteroatoms. The van der Waals surface area contributed by atoms with Gasteiger partial charge in [0, 0.05) is 12.6 Å². The third-order valence-electron chi connectivity index (χ3n) is 3.97. The molecule has 144 valence electrons. The zero-order valence-corrected chi connectivity index (χ0v) is 15.5. The second-order valence-electron chi connectivity index (χ2n) is 5.79. The van der Waals surface area contributed by atoms with Crippen LogP contribution in [0.15, 0.2) is 47.4 Å². The van der Waals surface area contributed by atoms with E-state index in [1.54, 1.807) is 7.11 Å². The Morgan fingerprint density at radius 2 is 1.85 bits per heavy atom. The number of ether oxygens (including phenoxy) is 3. The van der Waals surface area contributed by atoms with Crippen molar-refractivity contribution < 1.29 is 27.4 Å². The Kier molecular flexibility index (Phi) is 5.82. The van der Waals surface area contributed by atoms with Crippen LogP contribution in [0.4, 0.5) is 0 Å². The Balaban J connectivity index is 1.46. The number of amides is 1. The Labute approximate surface area is 157 Å². The minimum Gasteiger partial charge on any atom is -0.497 e. The summed E-state index contributed by atoms with van der Waals surface area (Å²) < 4.78 is 42.3. The molecule has 2 aromatic carbocycles. The van der Waals surface area contributed by atoms with E-state index in [-0.39, 0.29) is 18.2 Å². The molecule has 0 atom stereocenters. The molecule has 27 heavy (non-hydrogen) atoms. The molecular weight excluding hydrogens is 372 g/mol. The van der Waals surface area contributed by atoms with Crippen LogP contribution in [0.25, 0.3) is 0 Å². The van der Waals surface area contributed by atoms with Gasteiger partial charge in [0.25, 0.3) is 0 Å². The maximum Gasteiger partial charge on any atom is 0.241 e. The van der Waals surface area contributed by atoms with Gasteiger partial charge in [-0.05, 0) is 36.2 Å². The molecule has 2 N–H and O–H groups in total. The fraction of sp³-hybridized carbons (Fsp3) is 0.278. The van der Waals surface area contributed by atoms with Gasteiger partial charge in [0.2, 0.25) is 22.7 Å². The van der Waals surface area contributed by atoms with Gasteiger partial charge in [-0.25, -0.2) is 13.1 Å². The number of methoxy groups -OCH3 is 1. The van der Waals surface area contributed by atoms with Crippen molar-refractivity contribution in [3.8, 4) is 17.2 Å². The van der Waals surface area contributed by atoms with Crippen LogP contribution in [-0.4, -0.2) is 41.3 Å². The number of nitrogens with one attached hydrogen (secondary N) is 2. The lowest BCUT2D eigenvalue weighted by Crippen LogP contribution is -2.37. The maximum atomic E-state index is 12.3. The van der Waals surface area contributed by atoms with Crippen molar-refractivity contribution >= 4 is 15.9 Å². The molecule has 2 aromatic rings. The highest BCUT2D eigenvalue weighted by atomic mass is 32.2. The van der Waals surface area contributed by atoms with E-state index >= 15 is 0 Å². The van der Waals surface area contributed by atoms with E-state index in [4.69, 9.17) is 14.2 Å². The fourth-order valence-electron chi connectivity index (χ4n) is 2.49. The molecular formula is C18H20N2O6S. The standard InChI is InChI=1S/C18H20N2O6S/c1-24-14-4-2-13(3-5-14)8-9-19-18(21)11-20-27(22,23)15-6-7-16-17(10-15)26-12-25-16/h2-7,10,20H,8-9,11-12H2,1H3,(H,19,21). The number of fused-ring (bicyclic) bond motifs is 1. The van der Waals surface area contributed by atoms with Gasteiger partial charge in [0.05, 0.1) is 18.6 Å². The van der Waals surface area contributed by atoms with Gasteiger partial charge in [0.15, 0.2) is 11.5 Å². The van der Waals surface area contributed by atoms with E-state index in [0.29, 0.717) is 24.5 Å².